The van der Waals surface area contributed by atoms with Crippen LogP contribution in [0.5, 0.6) is 5.75 Å². The lowest BCUT2D eigenvalue weighted by Crippen LogP contribution is -3.15. The smallest absolute Gasteiger partial charge is 0.329 e. The Morgan fingerprint density at radius 3 is 2.90 bits per heavy atom. The summed E-state index contributed by atoms with van der Waals surface area (Å²) in [6.07, 6.45) is 3.50. The molecule has 1 aliphatic carbocycles. The summed E-state index contributed by atoms with van der Waals surface area (Å²) >= 11 is 1.84. The van der Waals surface area contributed by atoms with Gasteiger partial charge in [-0.15, -0.1) is 11.3 Å². The first-order valence-corrected chi connectivity index (χ1v) is 11.1. The van der Waals surface area contributed by atoms with Crippen molar-refractivity contribution >= 4 is 23.3 Å². The van der Waals surface area contributed by atoms with E-state index in [0.29, 0.717) is 24.4 Å². The van der Waals surface area contributed by atoms with Crippen molar-refractivity contribution in [3.63, 3.8) is 0 Å². The second-order valence-electron chi connectivity index (χ2n) is 8.45. The first-order chi connectivity index (χ1) is 14.0. The molecule has 0 bridgehead atoms. The van der Waals surface area contributed by atoms with Crippen molar-refractivity contribution in [2.45, 2.75) is 37.8 Å². The third-order valence-corrected chi connectivity index (χ3v) is 7.60. The molecule has 3 atom stereocenters. The molecule has 1 aromatic carbocycles. The maximum absolute atomic E-state index is 13.4. The lowest BCUT2D eigenvalue weighted by atomic mass is 9.92. The van der Waals surface area contributed by atoms with Crippen molar-refractivity contribution in [1.29, 1.82) is 0 Å². The Morgan fingerprint density at radius 2 is 2.14 bits per heavy atom. The van der Waals surface area contributed by atoms with Crippen LogP contribution in [0.15, 0.2) is 35.7 Å². The summed E-state index contributed by atoms with van der Waals surface area (Å²) < 4.78 is 5.30. The monoisotopic (exact) mass is 412 g/mol. The molecule has 3 heterocycles. The molecule has 152 valence electrons. The third kappa shape index (κ3) is 3.04. The van der Waals surface area contributed by atoms with Crippen LogP contribution in [0.1, 0.15) is 41.8 Å². The number of imide groups is 1. The SMILES string of the molecule is COc1cccc([C@]2(C)NC(=O)N(C[NH+]3CCc4sccc4[C@@H]3C3CC3)C2=O)c1. The van der Waals surface area contributed by atoms with E-state index in [2.05, 4.69) is 16.8 Å². The van der Waals surface area contributed by atoms with Gasteiger partial charge in [-0.25, -0.2) is 9.69 Å². The molecule has 5 rings (SSSR count). The summed E-state index contributed by atoms with van der Waals surface area (Å²) in [5.41, 5.74) is 1.11. The number of methoxy groups -OCH3 is 1. The van der Waals surface area contributed by atoms with Crippen molar-refractivity contribution in [3.8, 4) is 5.75 Å². The summed E-state index contributed by atoms with van der Waals surface area (Å²) in [6, 6.07) is 9.70. The van der Waals surface area contributed by atoms with E-state index in [-0.39, 0.29) is 11.9 Å². The van der Waals surface area contributed by atoms with Gasteiger partial charge in [0.05, 0.1) is 13.7 Å². The summed E-state index contributed by atoms with van der Waals surface area (Å²) in [5, 5.41) is 5.11. The number of nitrogens with one attached hydrogen (secondary N) is 2. The Labute approximate surface area is 174 Å². The quantitative estimate of drug-likeness (QED) is 0.739. The van der Waals surface area contributed by atoms with Gasteiger partial charge in [0.25, 0.3) is 5.91 Å². The number of amides is 3. The van der Waals surface area contributed by atoms with Crippen LogP contribution >= 0.6 is 11.3 Å². The van der Waals surface area contributed by atoms with Gasteiger partial charge >= 0.3 is 6.03 Å². The van der Waals surface area contributed by atoms with Crippen LogP contribution in [0.3, 0.4) is 0 Å². The van der Waals surface area contributed by atoms with Crippen molar-refractivity contribution < 1.29 is 19.2 Å². The van der Waals surface area contributed by atoms with Gasteiger partial charge in [-0.2, -0.15) is 0 Å². The Kier molecular flexibility index (Phi) is 4.40. The zero-order chi connectivity index (χ0) is 20.2. The van der Waals surface area contributed by atoms with Crippen LogP contribution in [0.4, 0.5) is 4.79 Å². The van der Waals surface area contributed by atoms with E-state index >= 15 is 0 Å². The van der Waals surface area contributed by atoms with Crippen LogP contribution in [-0.2, 0) is 16.8 Å². The lowest BCUT2D eigenvalue weighted by Gasteiger charge is -2.34. The number of fused-ring (bicyclic) bond motifs is 1. The average Bonchev–Trinajstić information content (AvgIpc) is 3.41. The minimum absolute atomic E-state index is 0.186. The van der Waals surface area contributed by atoms with E-state index in [1.165, 1.54) is 33.1 Å². The van der Waals surface area contributed by atoms with Crippen LogP contribution in [0, 0.1) is 5.92 Å². The molecule has 1 saturated heterocycles. The fraction of sp³-hybridized carbons (Fsp3) is 0.455. The number of thiophene rings is 1. The lowest BCUT2D eigenvalue weighted by molar-refractivity contribution is -0.943. The average molecular weight is 413 g/mol. The first-order valence-electron chi connectivity index (χ1n) is 10.2. The fourth-order valence-corrected chi connectivity index (χ4v) is 5.78. The van der Waals surface area contributed by atoms with E-state index in [1.54, 1.807) is 14.0 Å². The topological polar surface area (TPSA) is 63.1 Å². The molecule has 6 nitrogen and oxygen atoms in total. The molecule has 3 amide bonds. The number of quaternary nitrogens is 1. The van der Waals surface area contributed by atoms with Crippen molar-refractivity contribution in [1.82, 2.24) is 10.2 Å². The van der Waals surface area contributed by atoms with Gasteiger partial charge in [0.15, 0.2) is 6.67 Å². The number of urea groups is 1. The molecule has 1 saturated carbocycles. The summed E-state index contributed by atoms with van der Waals surface area (Å²) in [4.78, 5) is 30.5. The van der Waals surface area contributed by atoms with Gasteiger partial charge in [-0.1, -0.05) is 12.1 Å². The number of ether oxygens (including phenoxy) is 1. The highest BCUT2D eigenvalue weighted by Crippen LogP contribution is 2.42. The molecule has 1 aromatic heterocycles. The number of carbonyl (C=O) groups excluding carboxylic acids is 2. The van der Waals surface area contributed by atoms with E-state index in [4.69, 9.17) is 4.74 Å². The summed E-state index contributed by atoms with van der Waals surface area (Å²) in [6.45, 7) is 3.16. The van der Waals surface area contributed by atoms with Gasteiger partial charge in [0.2, 0.25) is 0 Å². The van der Waals surface area contributed by atoms with Gasteiger partial charge < -0.3 is 15.0 Å². The maximum Gasteiger partial charge on any atom is 0.329 e. The second-order valence-corrected chi connectivity index (χ2v) is 9.45. The number of carbonyl (C=O) groups is 2. The van der Waals surface area contributed by atoms with E-state index in [1.807, 2.05) is 35.6 Å². The van der Waals surface area contributed by atoms with E-state index in [9.17, 15) is 9.59 Å². The summed E-state index contributed by atoms with van der Waals surface area (Å²) in [5.74, 6) is 1.16. The molecule has 0 radical (unpaired) electrons. The number of benzene rings is 1. The van der Waals surface area contributed by atoms with Gasteiger partial charge in [0, 0.05) is 22.8 Å². The van der Waals surface area contributed by atoms with E-state index in [0.717, 1.165) is 18.5 Å². The second kappa shape index (κ2) is 6.85. The highest BCUT2D eigenvalue weighted by molar-refractivity contribution is 7.10. The molecular weight excluding hydrogens is 386 g/mol. The first kappa shape index (κ1) is 18.6. The van der Waals surface area contributed by atoms with Crippen LogP contribution < -0.4 is 15.0 Å². The standard InChI is InChI=1S/C22H25N3O3S/c1-22(15-4-3-5-16(12-15)28-2)20(26)25(21(27)23-22)13-24-10-8-18-17(9-11-29-18)19(24)14-6-7-14/h3-5,9,11-12,14,19H,6-8,10,13H2,1-2H3,(H,23,27)/p+1/t19-,22-/m0/s1. The van der Waals surface area contributed by atoms with Crippen LogP contribution in [-0.4, -0.2) is 37.2 Å². The molecule has 7 heteroatoms. The molecular formula is C22H26N3O3S+. The molecule has 2 aliphatic heterocycles. The van der Waals surface area contributed by atoms with Gasteiger partial charge in [-0.3, -0.25) is 4.79 Å². The van der Waals surface area contributed by atoms with Crippen molar-refractivity contribution in [2.24, 2.45) is 5.92 Å². The highest BCUT2D eigenvalue weighted by atomic mass is 32.1. The number of rotatable bonds is 5. The largest absolute Gasteiger partial charge is 0.497 e. The molecule has 2 aromatic rings. The number of hydrogen-bond acceptors (Lipinski definition) is 4. The van der Waals surface area contributed by atoms with Crippen molar-refractivity contribution in [3.05, 3.63) is 51.7 Å². The Balaban J connectivity index is 1.40. The van der Waals surface area contributed by atoms with Gasteiger partial charge in [-0.05, 0) is 48.9 Å². The summed E-state index contributed by atoms with van der Waals surface area (Å²) in [7, 11) is 1.60. The minimum Gasteiger partial charge on any atom is -0.497 e. The zero-order valence-electron chi connectivity index (χ0n) is 16.7. The third-order valence-electron chi connectivity index (χ3n) is 6.60. The maximum atomic E-state index is 13.4. The van der Waals surface area contributed by atoms with Gasteiger partial charge in [0.1, 0.15) is 17.3 Å². The Morgan fingerprint density at radius 1 is 1.31 bits per heavy atom. The predicted molar refractivity (Wildman–Crippen MR) is 110 cm³/mol. The fourth-order valence-electron chi connectivity index (χ4n) is 4.85. The Hall–Kier alpha value is -2.38. The van der Waals surface area contributed by atoms with Crippen LogP contribution in [0.25, 0.3) is 0 Å². The zero-order valence-corrected chi connectivity index (χ0v) is 17.6. The van der Waals surface area contributed by atoms with Crippen LogP contribution in [0.2, 0.25) is 0 Å². The highest BCUT2D eigenvalue weighted by Gasteiger charge is 2.52. The Bertz CT molecular complexity index is 970. The number of nitrogens with zero attached hydrogens (tertiary/aromatic N) is 1. The van der Waals surface area contributed by atoms with E-state index < -0.39 is 5.54 Å². The van der Waals surface area contributed by atoms with Crippen molar-refractivity contribution in [2.75, 3.05) is 20.3 Å². The molecule has 2 N–H and O–H groups in total. The molecule has 3 aliphatic rings. The minimum atomic E-state index is -1.07. The molecule has 29 heavy (non-hydrogen) atoms. The molecule has 0 spiro atoms. The molecule has 1 unspecified atom stereocenters. The predicted octanol–water partition coefficient (Wildman–Crippen LogP) is 2.07. The number of hydrogen-bond donors (Lipinski definition) is 2. The molecule has 2 fully saturated rings. The normalized spacial score (nSPS) is 29.0.